The Balaban J connectivity index is 1.73. The van der Waals surface area contributed by atoms with Gasteiger partial charge in [0.15, 0.2) is 5.82 Å². The van der Waals surface area contributed by atoms with Crippen LogP contribution in [0.3, 0.4) is 0 Å². The van der Waals surface area contributed by atoms with Crippen molar-refractivity contribution in [2.45, 2.75) is 6.42 Å². The molecule has 0 saturated heterocycles. The van der Waals surface area contributed by atoms with E-state index in [0.717, 1.165) is 53.8 Å². The van der Waals surface area contributed by atoms with Crippen molar-refractivity contribution in [2.24, 2.45) is 0 Å². The van der Waals surface area contributed by atoms with Gasteiger partial charge in [0.1, 0.15) is 5.82 Å². The van der Waals surface area contributed by atoms with Gasteiger partial charge in [0.05, 0.1) is 5.69 Å². The largest absolute Gasteiger partial charge is 0.378 e. The number of nitrogens with one attached hydrogen (secondary N) is 2. The van der Waals surface area contributed by atoms with Crippen LogP contribution in [-0.2, 0) is 0 Å². The van der Waals surface area contributed by atoms with Crippen LogP contribution < -0.4 is 15.5 Å². The second-order valence-electron chi connectivity index (χ2n) is 7.08. The fraction of sp³-hybridized carbons (Fsp3) is 0.217. The van der Waals surface area contributed by atoms with Crippen LogP contribution in [0.4, 0.5) is 17.2 Å². The molecule has 2 aromatic carbocycles. The van der Waals surface area contributed by atoms with Crippen LogP contribution >= 0.6 is 0 Å². The summed E-state index contributed by atoms with van der Waals surface area (Å²) in [6, 6.07) is 20.6. The molecule has 1 aliphatic rings. The summed E-state index contributed by atoms with van der Waals surface area (Å²) in [7, 11) is 4.08. The van der Waals surface area contributed by atoms with E-state index in [-0.39, 0.29) is 0 Å². The van der Waals surface area contributed by atoms with Gasteiger partial charge in [0, 0.05) is 43.6 Å². The first-order chi connectivity index (χ1) is 13.7. The zero-order valence-electron chi connectivity index (χ0n) is 16.3. The van der Waals surface area contributed by atoms with Gasteiger partial charge < -0.3 is 15.5 Å². The van der Waals surface area contributed by atoms with Crippen LogP contribution in [0.2, 0.25) is 0 Å². The number of anilines is 3. The molecule has 28 heavy (non-hydrogen) atoms. The van der Waals surface area contributed by atoms with Crippen molar-refractivity contribution in [2.75, 3.05) is 37.4 Å². The predicted molar refractivity (Wildman–Crippen MR) is 117 cm³/mol. The van der Waals surface area contributed by atoms with Gasteiger partial charge in [-0.1, -0.05) is 42.5 Å². The lowest BCUT2D eigenvalue weighted by Crippen LogP contribution is -2.20. The molecule has 0 fully saturated rings. The molecule has 0 aliphatic carbocycles. The van der Waals surface area contributed by atoms with E-state index in [9.17, 15) is 0 Å². The van der Waals surface area contributed by atoms with E-state index < -0.39 is 0 Å². The molecular formula is C23H25N5. The van der Waals surface area contributed by atoms with E-state index >= 15 is 0 Å². The number of hydrogen-bond acceptors (Lipinski definition) is 5. The van der Waals surface area contributed by atoms with Crippen molar-refractivity contribution < 1.29 is 0 Å². The van der Waals surface area contributed by atoms with Gasteiger partial charge in [-0.2, -0.15) is 0 Å². The van der Waals surface area contributed by atoms with E-state index in [1.165, 1.54) is 5.57 Å². The molecule has 2 N–H and O–H groups in total. The van der Waals surface area contributed by atoms with Gasteiger partial charge in [-0.25, -0.2) is 9.97 Å². The minimum atomic E-state index is 0.800. The van der Waals surface area contributed by atoms with Crippen molar-refractivity contribution >= 4 is 22.8 Å². The summed E-state index contributed by atoms with van der Waals surface area (Å²) in [4.78, 5) is 11.8. The summed E-state index contributed by atoms with van der Waals surface area (Å²) in [5.41, 5.74) is 5.36. The zero-order chi connectivity index (χ0) is 19.3. The number of aromatic nitrogens is 2. The normalized spacial score (nSPS) is 13.7. The molecule has 0 spiro atoms. The van der Waals surface area contributed by atoms with Crippen LogP contribution in [0.15, 0.2) is 66.7 Å². The highest BCUT2D eigenvalue weighted by molar-refractivity contribution is 5.71. The maximum absolute atomic E-state index is 4.86. The average Bonchev–Trinajstić information content (AvgIpc) is 2.75. The fourth-order valence-electron chi connectivity index (χ4n) is 3.25. The highest BCUT2D eigenvalue weighted by Gasteiger charge is 2.13. The van der Waals surface area contributed by atoms with Crippen LogP contribution in [0.25, 0.3) is 16.8 Å². The monoisotopic (exact) mass is 371 g/mol. The zero-order valence-corrected chi connectivity index (χ0v) is 16.3. The van der Waals surface area contributed by atoms with Crippen molar-refractivity contribution in [3.8, 4) is 11.3 Å². The summed E-state index contributed by atoms with van der Waals surface area (Å²) in [5.74, 6) is 1.60. The van der Waals surface area contributed by atoms with Crippen LogP contribution in [0.5, 0.6) is 0 Å². The third-order valence-electron chi connectivity index (χ3n) is 4.78. The molecule has 5 nitrogen and oxygen atoms in total. The lowest BCUT2D eigenvalue weighted by atomic mass is 10.1. The number of hydrogen-bond donors (Lipinski definition) is 2. The Labute approximate surface area is 166 Å². The molecule has 0 bridgehead atoms. The van der Waals surface area contributed by atoms with Crippen LogP contribution in [0, 0.1) is 0 Å². The van der Waals surface area contributed by atoms with Crippen LogP contribution in [0.1, 0.15) is 12.2 Å². The van der Waals surface area contributed by atoms with Gasteiger partial charge in [-0.05, 0) is 36.7 Å². The number of benzene rings is 2. The Bertz CT molecular complexity index is 979. The Morgan fingerprint density at radius 3 is 2.57 bits per heavy atom. The summed E-state index contributed by atoms with van der Waals surface area (Å²) in [6.45, 7) is 1.82. The molecule has 0 radical (unpaired) electrons. The quantitative estimate of drug-likeness (QED) is 0.699. The molecule has 0 amide bonds. The number of rotatable bonds is 5. The first kappa shape index (κ1) is 18.2. The topological polar surface area (TPSA) is 53.1 Å². The van der Waals surface area contributed by atoms with E-state index in [1.807, 2.05) is 44.4 Å². The maximum Gasteiger partial charge on any atom is 0.157 e. The standard InChI is InChI=1S/C23H25N5/c1-28(2)20-10-6-9-19(15-20)25-22-16-21(17-7-4-3-5-8-17)26-23(27-22)18-11-13-24-14-12-18/h3-11,15-16,24H,12-14H2,1-2H3,(H,25,26,27). The van der Waals surface area contributed by atoms with Crippen molar-refractivity contribution in [1.29, 1.82) is 0 Å². The molecule has 1 aromatic heterocycles. The summed E-state index contributed by atoms with van der Waals surface area (Å²) in [6.07, 6.45) is 3.12. The average molecular weight is 371 g/mol. The first-order valence-corrected chi connectivity index (χ1v) is 9.58. The molecular weight excluding hydrogens is 346 g/mol. The molecule has 4 rings (SSSR count). The molecule has 5 heteroatoms. The molecule has 142 valence electrons. The van der Waals surface area contributed by atoms with Crippen LogP contribution in [-0.4, -0.2) is 37.2 Å². The van der Waals surface area contributed by atoms with Gasteiger partial charge in [0.2, 0.25) is 0 Å². The Kier molecular flexibility index (Phi) is 5.35. The molecule has 0 saturated carbocycles. The maximum atomic E-state index is 4.86. The van der Waals surface area contributed by atoms with Gasteiger partial charge in [-0.15, -0.1) is 0 Å². The SMILES string of the molecule is CN(C)c1cccc(Nc2cc(-c3ccccc3)nc(C3=CCNCC3)n2)c1. The molecule has 0 atom stereocenters. The second kappa shape index (κ2) is 8.23. The molecule has 2 heterocycles. The molecule has 1 aliphatic heterocycles. The summed E-state index contributed by atoms with van der Waals surface area (Å²) >= 11 is 0. The van der Waals surface area contributed by atoms with E-state index in [4.69, 9.17) is 9.97 Å². The van der Waals surface area contributed by atoms with Crippen molar-refractivity contribution in [1.82, 2.24) is 15.3 Å². The molecule has 3 aromatic rings. The smallest absolute Gasteiger partial charge is 0.157 e. The minimum Gasteiger partial charge on any atom is -0.378 e. The second-order valence-corrected chi connectivity index (χ2v) is 7.08. The van der Waals surface area contributed by atoms with Gasteiger partial charge in [0.25, 0.3) is 0 Å². The first-order valence-electron chi connectivity index (χ1n) is 9.58. The van der Waals surface area contributed by atoms with Gasteiger partial charge in [-0.3, -0.25) is 0 Å². The highest BCUT2D eigenvalue weighted by atomic mass is 15.1. The lowest BCUT2D eigenvalue weighted by molar-refractivity contribution is 0.734. The number of nitrogens with zero attached hydrogens (tertiary/aromatic N) is 3. The van der Waals surface area contributed by atoms with E-state index in [0.29, 0.717) is 0 Å². The Morgan fingerprint density at radius 2 is 1.82 bits per heavy atom. The summed E-state index contributed by atoms with van der Waals surface area (Å²) in [5, 5.41) is 6.82. The fourth-order valence-corrected chi connectivity index (χ4v) is 3.25. The Hall–Kier alpha value is -3.18. The third kappa shape index (κ3) is 4.21. The predicted octanol–water partition coefficient (Wildman–Crippen LogP) is 4.33. The highest BCUT2D eigenvalue weighted by Crippen LogP contribution is 2.27. The lowest BCUT2D eigenvalue weighted by Gasteiger charge is -2.17. The minimum absolute atomic E-state index is 0.800. The van der Waals surface area contributed by atoms with Gasteiger partial charge >= 0.3 is 0 Å². The van der Waals surface area contributed by atoms with E-state index in [2.05, 4.69) is 51.9 Å². The van der Waals surface area contributed by atoms with E-state index in [1.54, 1.807) is 0 Å². The molecule has 0 unspecified atom stereocenters. The third-order valence-corrected chi connectivity index (χ3v) is 4.78. The van der Waals surface area contributed by atoms with Crippen molar-refractivity contribution in [3.63, 3.8) is 0 Å². The summed E-state index contributed by atoms with van der Waals surface area (Å²) < 4.78 is 0. The Morgan fingerprint density at radius 1 is 0.964 bits per heavy atom. The van der Waals surface area contributed by atoms with Crippen molar-refractivity contribution in [3.05, 3.63) is 72.6 Å².